The summed E-state index contributed by atoms with van der Waals surface area (Å²) in [6.45, 7) is 5.30. The smallest absolute Gasteiger partial charge is 0.315 e. The molecule has 3 rings (SSSR count). The largest absolute Gasteiger partial charge is 0.336 e. The quantitative estimate of drug-likeness (QED) is 0.849. The van der Waals surface area contributed by atoms with Crippen molar-refractivity contribution in [1.29, 1.82) is 0 Å². The topological polar surface area (TPSA) is 71.8 Å². The summed E-state index contributed by atoms with van der Waals surface area (Å²) in [5, 5.41) is 13.9. The lowest BCUT2D eigenvalue weighted by Crippen LogP contribution is -2.38. The van der Waals surface area contributed by atoms with Gasteiger partial charge in [0.25, 0.3) is 0 Å². The summed E-state index contributed by atoms with van der Waals surface area (Å²) in [6, 6.07) is 6.46. The van der Waals surface area contributed by atoms with E-state index in [1.165, 1.54) is 36.0 Å². The molecule has 6 nitrogen and oxygen atoms in total. The van der Waals surface area contributed by atoms with Crippen molar-refractivity contribution < 1.29 is 4.79 Å². The summed E-state index contributed by atoms with van der Waals surface area (Å²) in [5.74, 6) is 0.935. The monoisotopic (exact) mass is 341 g/mol. The van der Waals surface area contributed by atoms with Gasteiger partial charge in [-0.25, -0.2) is 4.79 Å². The van der Waals surface area contributed by atoms with E-state index < -0.39 is 0 Å². The Labute approximate surface area is 149 Å². The lowest BCUT2D eigenvalue weighted by Gasteiger charge is -2.20. The number of rotatable bonds is 6. The van der Waals surface area contributed by atoms with Crippen molar-refractivity contribution in [3.05, 3.63) is 47.0 Å². The highest BCUT2D eigenvalue weighted by atomic mass is 16.2. The van der Waals surface area contributed by atoms with Crippen LogP contribution in [0, 0.1) is 0 Å². The molecular formula is C19H27N5O. The molecule has 0 radical (unpaired) electrons. The van der Waals surface area contributed by atoms with E-state index in [2.05, 4.69) is 39.0 Å². The number of hydrogen-bond acceptors (Lipinski definition) is 3. The third-order valence-corrected chi connectivity index (χ3v) is 4.87. The highest BCUT2D eigenvalue weighted by Gasteiger charge is 2.14. The van der Waals surface area contributed by atoms with Crippen LogP contribution in [-0.4, -0.2) is 27.3 Å². The molecule has 0 saturated heterocycles. The summed E-state index contributed by atoms with van der Waals surface area (Å²) in [4.78, 5) is 12.1. The molecule has 1 aromatic carbocycles. The first kappa shape index (κ1) is 17.5. The summed E-state index contributed by atoms with van der Waals surface area (Å²) in [5.41, 5.74) is 4.08. The highest BCUT2D eigenvalue weighted by molar-refractivity contribution is 5.74. The second kappa shape index (κ2) is 8.14. The van der Waals surface area contributed by atoms with E-state index in [-0.39, 0.29) is 12.1 Å². The maximum Gasteiger partial charge on any atom is 0.315 e. The van der Waals surface area contributed by atoms with Gasteiger partial charge in [0.1, 0.15) is 12.2 Å². The molecule has 25 heavy (non-hydrogen) atoms. The van der Waals surface area contributed by atoms with Crippen LogP contribution in [-0.2, 0) is 25.8 Å². The number of hydrogen-bond donors (Lipinski definition) is 2. The molecule has 2 amide bonds. The van der Waals surface area contributed by atoms with E-state index in [9.17, 15) is 4.79 Å². The molecule has 0 saturated carbocycles. The van der Waals surface area contributed by atoms with Gasteiger partial charge in [-0.1, -0.05) is 25.1 Å². The van der Waals surface area contributed by atoms with E-state index in [1.54, 1.807) is 6.33 Å². The molecule has 6 heteroatoms. The Morgan fingerprint density at radius 2 is 2.08 bits per heavy atom. The fraction of sp³-hybridized carbons (Fsp3) is 0.526. The average molecular weight is 341 g/mol. The minimum atomic E-state index is -0.142. The number of carbonyl (C=O) groups excluding carboxylic acids is 1. The van der Waals surface area contributed by atoms with Gasteiger partial charge in [0, 0.05) is 19.5 Å². The van der Waals surface area contributed by atoms with Crippen LogP contribution in [0.15, 0.2) is 24.5 Å². The van der Waals surface area contributed by atoms with Crippen LogP contribution < -0.4 is 10.6 Å². The van der Waals surface area contributed by atoms with Crippen molar-refractivity contribution in [2.75, 3.05) is 6.54 Å². The first-order valence-electron chi connectivity index (χ1n) is 9.20. The van der Waals surface area contributed by atoms with Crippen LogP contribution in [0.1, 0.15) is 55.2 Å². The third-order valence-electron chi connectivity index (χ3n) is 4.87. The fourth-order valence-corrected chi connectivity index (χ4v) is 3.38. The number of benzene rings is 1. The first-order chi connectivity index (χ1) is 12.2. The maximum atomic E-state index is 12.1. The molecule has 0 aliphatic heterocycles. The van der Waals surface area contributed by atoms with Crippen molar-refractivity contribution in [2.24, 2.45) is 0 Å². The van der Waals surface area contributed by atoms with Crippen LogP contribution in [0.25, 0.3) is 0 Å². The summed E-state index contributed by atoms with van der Waals surface area (Å²) in [7, 11) is 0. The summed E-state index contributed by atoms with van der Waals surface area (Å²) >= 11 is 0. The maximum absolute atomic E-state index is 12.1. The number of fused-ring (bicyclic) bond motifs is 1. The standard InChI is InChI=1S/C19H27N5O/c1-3-18-23-21-13-24(18)11-10-20-19(25)22-14(2)16-9-8-15-6-4-5-7-17(15)12-16/h8-9,12-14H,3-7,10-11H2,1-2H3,(H2,20,22,25). The van der Waals surface area contributed by atoms with Crippen molar-refractivity contribution in [1.82, 2.24) is 25.4 Å². The number of carbonyl (C=O) groups is 1. The van der Waals surface area contributed by atoms with Gasteiger partial charge in [-0.3, -0.25) is 0 Å². The first-order valence-corrected chi connectivity index (χ1v) is 9.20. The van der Waals surface area contributed by atoms with Gasteiger partial charge in [0.2, 0.25) is 0 Å². The fourth-order valence-electron chi connectivity index (χ4n) is 3.38. The second-order valence-electron chi connectivity index (χ2n) is 6.65. The van der Waals surface area contributed by atoms with Gasteiger partial charge in [0.05, 0.1) is 6.04 Å². The molecule has 1 heterocycles. The van der Waals surface area contributed by atoms with Crippen LogP contribution in [0.5, 0.6) is 0 Å². The van der Waals surface area contributed by atoms with Crippen molar-refractivity contribution >= 4 is 6.03 Å². The average Bonchev–Trinajstić information content (AvgIpc) is 3.08. The number of aryl methyl sites for hydroxylation is 3. The number of amides is 2. The lowest BCUT2D eigenvalue weighted by atomic mass is 9.89. The van der Waals surface area contributed by atoms with Crippen LogP contribution in [0.3, 0.4) is 0 Å². The minimum absolute atomic E-state index is 0.00617. The molecule has 1 aliphatic carbocycles. The Bertz CT molecular complexity index is 724. The van der Waals surface area contributed by atoms with Gasteiger partial charge in [-0.05, 0) is 49.3 Å². The number of nitrogens with one attached hydrogen (secondary N) is 2. The van der Waals surface area contributed by atoms with E-state index in [1.807, 2.05) is 18.4 Å². The van der Waals surface area contributed by atoms with E-state index in [0.29, 0.717) is 13.1 Å². The van der Waals surface area contributed by atoms with E-state index >= 15 is 0 Å². The molecule has 2 aromatic rings. The summed E-state index contributed by atoms with van der Waals surface area (Å²) < 4.78 is 1.97. The number of aromatic nitrogens is 3. The van der Waals surface area contributed by atoms with E-state index in [4.69, 9.17) is 0 Å². The Hall–Kier alpha value is -2.37. The van der Waals surface area contributed by atoms with Crippen molar-refractivity contribution in [3.8, 4) is 0 Å². The molecule has 0 spiro atoms. The predicted octanol–water partition coefficient (Wildman–Crippen LogP) is 2.78. The Kier molecular flexibility index (Phi) is 5.68. The second-order valence-corrected chi connectivity index (χ2v) is 6.65. The van der Waals surface area contributed by atoms with Gasteiger partial charge in [0.15, 0.2) is 0 Å². The van der Waals surface area contributed by atoms with Crippen LogP contribution in [0.2, 0.25) is 0 Å². The van der Waals surface area contributed by atoms with Crippen molar-refractivity contribution in [2.45, 2.75) is 58.5 Å². The van der Waals surface area contributed by atoms with Gasteiger partial charge >= 0.3 is 6.03 Å². The molecule has 1 unspecified atom stereocenters. The Morgan fingerprint density at radius 1 is 1.28 bits per heavy atom. The Balaban J connectivity index is 1.49. The zero-order chi connectivity index (χ0) is 17.6. The normalized spacial score (nSPS) is 14.6. The van der Waals surface area contributed by atoms with Gasteiger partial charge in [-0.2, -0.15) is 0 Å². The number of urea groups is 1. The van der Waals surface area contributed by atoms with Gasteiger partial charge in [-0.15, -0.1) is 10.2 Å². The molecule has 1 aromatic heterocycles. The SMILES string of the molecule is CCc1nncn1CCNC(=O)NC(C)c1ccc2c(c1)CCCC2. The molecule has 0 bridgehead atoms. The molecular weight excluding hydrogens is 314 g/mol. The molecule has 1 atom stereocenters. The minimum Gasteiger partial charge on any atom is -0.336 e. The zero-order valence-electron chi connectivity index (χ0n) is 15.1. The summed E-state index contributed by atoms with van der Waals surface area (Å²) in [6.07, 6.45) is 7.42. The molecule has 1 aliphatic rings. The highest BCUT2D eigenvalue weighted by Crippen LogP contribution is 2.24. The zero-order valence-corrected chi connectivity index (χ0v) is 15.1. The van der Waals surface area contributed by atoms with Crippen LogP contribution in [0.4, 0.5) is 4.79 Å². The third kappa shape index (κ3) is 4.38. The molecule has 2 N–H and O–H groups in total. The van der Waals surface area contributed by atoms with Crippen LogP contribution >= 0.6 is 0 Å². The van der Waals surface area contributed by atoms with Gasteiger partial charge < -0.3 is 15.2 Å². The van der Waals surface area contributed by atoms with Crippen molar-refractivity contribution in [3.63, 3.8) is 0 Å². The van der Waals surface area contributed by atoms with E-state index in [0.717, 1.165) is 18.7 Å². The predicted molar refractivity (Wildman–Crippen MR) is 97.4 cm³/mol. The molecule has 134 valence electrons. The Morgan fingerprint density at radius 3 is 2.88 bits per heavy atom. The molecule has 0 fully saturated rings. The lowest BCUT2D eigenvalue weighted by molar-refractivity contribution is 0.237. The number of nitrogens with zero attached hydrogens (tertiary/aromatic N) is 3.